The third-order valence-corrected chi connectivity index (χ3v) is 7.71. The highest BCUT2D eigenvalue weighted by Gasteiger charge is 2.65. The number of esters is 1. The Morgan fingerprint density at radius 3 is 2.26 bits per heavy atom. The number of nitrogens with one attached hydrogen (secondary N) is 1. The molecule has 3 atom stereocenters. The molecule has 21 heteroatoms. The molecule has 20 nitrogen and oxygen atoms in total. The summed E-state index contributed by atoms with van der Waals surface area (Å²) in [6.07, 6.45) is -1.00. The Balaban J connectivity index is 1.37. The first-order valence-electron chi connectivity index (χ1n) is 12.9. The molecule has 1 aromatic carbocycles. The molecule has 0 radical (unpaired) electrons. The van der Waals surface area contributed by atoms with Crippen molar-refractivity contribution in [2.24, 2.45) is 5.16 Å². The number of oxime groups is 1. The fraction of sp³-hybridized carbons (Fsp3) is 0.320. The zero-order valence-electron chi connectivity index (χ0n) is 23.4. The third-order valence-electron chi connectivity index (χ3n) is 7.03. The number of aromatic hydroxyl groups is 2. The van der Waals surface area contributed by atoms with Crippen LogP contribution in [0.4, 0.5) is 5.13 Å². The number of phenols is 2. The number of cyclic esters (lactones) is 1. The normalized spacial score (nSPS) is 23.0. The van der Waals surface area contributed by atoms with Gasteiger partial charge in [-0.15, -0.1) is 11.3 Å². The number of thiazole rings is 1. The van der Waals surface area contributed by atoms with E-state index in [9.17, 15) is 54.0 Å². The van der Waals surface area contributed by atoms with Crippen LogP contribution in [-0.4, -0.2) is 113 Å². The first kappa shape index (κ1) is 31.6. The number of anilines is 1. The molecule has 0 aliphatic carbocycles. The van der Waals surface area contributed by atoms with Crippen LogP contribution in [0.25, 0.3) is 0 Å². The SMILES string of the molecule is CC(C)(ON=C(C(=O)NC1CON(C2(C(=O)O)CC(N3C(=O)c4cc(O)c(O)cc4C3=O)C(=O)O2)C1=O)c1csc(N)n1)C(=O)O. The van der Waals surface area contributed by atoms with Crippen LogP contribution in [0.1, 0.15) is 46.7 Å². The number of hydrogen-bond acceptors (Lipinski definition) is 16. The molecule has 46 heavy (non-hydrogen) atoms. The summed E-state index contributed by atoms with van der Waals surface area (Å²) in [5.41, 5.74) is -0.695. The summed E-state index contributed by atoms with van der Waals surface area (Å²) >= 11 is 0.905. The van der Waals surface area contributed by atoms with Gasteiger partial charge in [0.1, 0.15) is 24.4 Å². The minimum absolute atomic E-state index is 0.00659. The molecule has 3 aliphatic rings. The van der Waals surface area contributed by atoms with Gasteiger partial charge in [-0.2, -0.15) is 5.06 Å². The Kier molecular flexibility index (Phi) is 7.52. The monoisotopic (exact) mass is 662 g/mol. The quantitative estimate of drug-likeness (QED) is 0.0577. The second-order valence-electron chi connectivity index (χ2n) is 10.5. The van der Waals surface area contributed by atoms with Gasteiger partial charge in [0.05, 0.1) is 17.5 Å². The molecule has 4 heterocycles. The number of imide groups is 1. The Labute approximate surface area is 259 Å². The summed E-state index contributed by atoms with van der Waals surface area (Å²) in [6.45, 7) is 1.60. The largest absolute Gasteiger partial charge is 0.504 e. The van der Waals surface area contributed by atoms with E-state index in [-0.39, 0.29) is 27.0 Å². The molecule has 0 spiro atoms. The number of carbonyl (C=O) groups excluding carboxylic acids is 5. The summed E-state index contributed by atoms with van der Waals surface area (Å²) in [4.78, 5) is 104. The minimum atomic E-state index is -2.91. The number of carboxylic acids is 2. The average molecular weight is 663 g/mol. The van der Waals surface area contributed by atoms with Gasteiger partial charge >= 0.3 is 23.6 Å². The Morgan fingerprint density at radius 2 is 1.74 bits per heavy atom. The number of hydrogen-bond donors (Lipinski definition) is 6. The van der Waals surface area contributed by atoms with E-state index in [2.05, 4.69) is 15.5 Å². The van der Waals surface area contributed by atoms with Crippen molar-refractivity contribution < 1.29 is 68.4 Å². The first-order chi connectivity index (χ1) is 21.5. The maximum Gasteiger partial charge on any atom is 0.372 e. The second-order valence-corrected chi connectivity index (χ2v) is 11.4. The zero-order chi connectivity index (χ0) is 33.9. The zero-order valence-corrected chi connectivity index (χ0v) is 24.3. The van der Waals surface area contributed by atoms with Crippen molar-refractivity contribution in [1.82, 2.24) is 20.3 Å². The van der Waals surface area contributed by atoms with E-state index >= 15 is 0 Å². The summed E-state index contributed by atoms with van der Waals surface area (Å²) < 4.78 is 5.07. The highest BCUT2D eigenvalue weighted by molar-refractivity contribution is 7.13. The van der Waals surface area contributed by atoms with E-state index in [0.29, 0.717) is 4.90 Å². The van der Waals surface area contributed by atoms with Crippen LogP contribution >= 0.6 is 11.3 Å². The van der Waals surface area contributed by atoms with Gasteiger partial charge in [0.25, 0.3) is 23.6 Å². The number of benzene rings is 1. The number of aliphatic carboxylic acids is 2. The number of rotatable bonds is 9. The van der Waals surface area contributed by atoms with Crippen LogP contribution in [0.15, 0.2) is 22.7 Å². The number of nitrogens with zero attached hydrogens (tertiary/aromatic N) is 4. The number of amides is 4. The minimum Gasteiger partial charge on any atom is -0.504 e. The number of aromatic nitrogens is 1. The average Bonchev–Trinajstić information content (AvgIpc) is 3.71. The molecule has 2 saturated heterocycles. The fourth-order valence-electron chi connectivity index (χ4n) is 4.56. The molecule has 2 fully saturated rings. The Morgan fingerprint density at radius 1 is 1.13 bits per heavy atom. The van der Waals surface area contributed by atoms with Crippen molar-refractivity contribution in [3.63, 3.8) is 0 Å². The molecular weight excluding hydrogens is 640 g/mol. The molecule has 4 amide bonds. The maximum atomic E-state index is 13.4. The third kappa shape index (κ3) is 5.05. The number of nitrogen functional groups attached to an aromatic ring is 1. The lowest BCUT2D eigenvalue weighted by Crippen LogP contribution is -2.57. The fourth-order valence-corrected chi connectivity index (χ4v) is 5.11. The second kappa shape index (κ2) is 11.0. The molecule has 0 saturated carbocycles. The standard InChI is InChI=1S/C25H22N6O14S/c1-24(2,21(39)40)45-29-15(11-7-46-23(26)28-11)16(34)27-10-6-43-31(19(10)37)25(22(41)42)5-12(20(38)44-25)30-17(35)8-3-13(32)14(33)4-9(8)18(30)36/h3-4,7,10,12,32-33H,5-6H2,1-2H3,(H2,26,28)(H,27,34)(H,39,40)(H,41,42). The predicted octanol–water partition coefficient (Wildman–Crippen LogP) is -1.63. The molecule has 3 aliphatic heterocycles. The first-order valence-corrected chi connectivity index (χ1v) is 13.8. The molecule has 0 bridgehead atoms. The van der Waals surface area contributed by atoms with Crippen LogP contribution in [0.2, 0.25) is 0 Å². The molecule has 242 valence electrons. The van der Waals surface area contributed by atoms with Gasteiger partial charge in [0.2, 0.25) is 5.60 Å². The van der Waals surface area contributed by atoms with Gasteiger partial charge in [-0.05, 0) is 26.0 Å². The summed E-state index contributed by atoms with van der Waals surface area (Å²) in [6, 6.07) is -1.93. The van der Waals surface area contributed by atoms with Gasteiger partial charge < -0.3 is 41.1 Å². The molecule has 3 unspecified atom stereocenters. The van der Waals surface area contributed by atoms with Crippen LogP contribution in [0.3, 0.4) is 0 Å². The number of carbonyl (C=O) groups is 7. The van der Waals surface area contributed by atoms with E-state index in [1.165, 1.54) is 5.38 Å². The van der Waals surface area contributed by atoms with Gasteiger partial charge in [-0.25, -0.2) is 19.4 Å². The maximum absolute atomic E-state index is 13.4. The highest BCUT2D eigenvalue weighted by atomic mass is 32.1. The number of phenolic OH excluding ortho intramolecular Hbond substituents is 2. The van der Waals surface area contributed by atoms with Crippen LogP contribution < -0.4 is 11.1 Å². The van der Waals surface area contributed by atoms with E-state index < -0.39 is 95.2 Å². The lowest BCUT2D eigenvalue weighted by molar-refractivity contribution is -0.256. The highest BCUT2D eigenvalue weighted by Crippen LogP contribution is 2.40. The number of hydroxylamine groups is 2. The van der Waals surface area contributed by atoms with Crippen LogP contribution in [0, 0.1) is 0 Å². The number of ether oxygens (including phenoxy) is 1. The van der Waals surface area contributed by atoms with E-state index in [1.807, 2.05) is 0 Å². The molecular formula is C25H22N6O14S. The lowest BCUT2D eigenvalue weighted by atomic mass is 10.0. The molecule has 7 N–H and O–H groups in total. The van der Waals surface area contributed by atoms with Crippen molar-refractivity contribution in [3.8, 4) is 11.5 Å². The van der Waals surface area contributed by atoms with Crippen molar-refractivity contribution in [2.75, 3.05) is 12.3 Å². The summed E-state index contributed by atoms with van der Waals surface area (Å²) in [5.74, 6) is -10.8. The van der Waals surface area contributed by atoms with E-state index in [0.717, 1.165) is 37.3 Å². The Hall–Kier alpha value is -5.83. The van der Waals surface area contributed by atoms with Crippen molar-refractivity contribution in [1.29, 1.82) is 0 Å². The number of nitrogens with two attached hydrogens (primary N) is 1. The van der Waals surface area contributed by atoms with Crippen molar-refractivity contribution >= 4 is 63.7 Å². The van der Waals surface area contributed by atoms with Gasteiger partial charge in [0.15, 0.2) is 22.3 Å². The van der Waals surface area contributed by atoms with Crippen molar-refractivity contribution in [2.45, 2.75) is 43.7 Å². The smallest absolute Gasteiger partial charge is 0.372 e. The van der Waals surface area contributed by atoms with Crippen LogP contribution in [0.5, 0.6) is 11.5 Å². The van der Waals surface area contributed by atoms with E-state index in [4.69, 9.17) is 20.1 Å². The number of fused-ring (bicyclic) bond motifs is 1. The van der Waals surface area contributed by atoms with Gasteiger partial charge in [-0.3, -0.25) is 28.9 Å². The van der Waals surface area contributed by atoms with Gasteiger partial charge in [-0.1, -0.05) is 5.16 Å². The number of carboxylic acid groups (broad SMARTS) is 2. The molecule has 2 aromatic rings. The lowest BCUT2D eigenvalue weighted by Gasteiger charge is -2.30. The molecule has 5 rings (SSSR count). The van der Waals surface area contributed by atoms with Crippen molar-refractivity contribution in [3.05, 3.63) is 34.3 Å². The predicted molar refractivity (Wildman–Crippen MR) is 146 cm³/mol. The van der Waals surface area contributed by atoms with Crippen LogP contribution in [-0.2, 0) is 38.4 Å². The van der Waals surface area contributed by atoms with E-state index in [1.54, 1.807) is 0 Å². The topological polar surface area (TPSA) is 298 Å². The Bertz CT molecular complexity index is 1730. The molecule has 1 aromatic heterocycles. The van der Waals surface area contributed by atoms with Gasteiger partial charge in [0, 0.05) is 5.38 Å². The summed E-state index contributed by atoms with van der Waals surface area (Å²) in [5, 5.41) is 46.2. The summed E-state index contributed by atoms with van der Waals surface area (Å²) in [7, 11) is 0.